The van der Waals surface area contributed by atoms with Crippen LogP contribution in [0.5, 0.6) is 0 Å². The molecule has 126 valence electrons. The summed E-state index contributed by atoms with van der Waals surface area (Å²) in [4.78, 5) is 25.3. The molecule has 2 heterocycles. The van der Waals surface area contributed by atoms with Crippen LogP contribution >= 0.6 is 23.1 Å². The maximum absolute atomic E-state index is 12.3. The van der Waals surface area contributed by atoms with E-state index in [2.05, 4.69) is 16.7 Å². The standard InChI is InChI=1S/C18H20N2O2S2/c21-17(19-12-14-5-3-10-23-14)9-11-24-16-8-7-13-4-1-2-6-15(13)20-18(16)22/h1-6,10,16H,7-9,11-12H2,(H,19,21)(H,20,22)/t16-/m1/s1. The zero-order valence-corrected chi connectivity index (χ0v) is 14.9. The quantitative estimate of drug-likeness (QED) is 0.830. The molecule has 4 nitrogen and oxygen atoms in total. The summed E-state index contributed by atoms with van der Waals surface area (Å²) in [5.74, 6) is 0.738. The number of hydrogen-bond acceptors (Lipinski definition) is 4. The molecule has 2 aromatic rings. The minimum Gasteiger partial charge on any atom is -0.351 e. The van der Waals surface area contributed by atoms with Crippen molar-refractivity contribution in [2.24, 2.45) is 0 Å². The molecule has 0 saturated carbocycles. The predicted molar refractivity (Wildman–Crippen MR) is 100 cm³/mol. The number of aryl methyl sites for hydroxylation is 1. The fraction of sp³-hybridized carbons (Fsp3) is 0.333. The lowest BCUT2D eigenvalue weighted by Gasteiger charge is -2.12. The number of benzene rings is 1. The van der Waals surface area contributed by atoms with E-state index in [0.717, 1.165) is 23.4 Å². The third kappa shape index (κ3) is 4.61. The van der Waals surface area contributed by atoms with Gasteiger partial charge in [0.25, 0.3) is 0 Å². The topological polar surface area (TPSA) is 58.2 Å². The summed E-state index contributed by atoms with van der Waals surface area (Å²) in [6.45, 7) is 0.584. The Morgan fingerprint density at radius 1 is 1.29 bits per heavy atom. The minimum atomic E-state index is -0.0949. The average molecular weight is 361 g/mol. The highest BCUT2D eigenvalue weighted by Gasteiger charge is 2.23. The van der Waals surface area contributed by atoms with E-state index in [4.69, 9.17) is 0 Å². The van der Waals surface area contributed by atoms with Gasteiger partial charge in [-0.15, -0.1) is 23.1 Å². The van der Waals surface area contributed by atoms with Crippen molar-refractivity contribution in [3.63, 3.8) is 0 Å². The molecule has 0 fully saturated rings. The van der Waals surface area contributed by atoms with Crippen LogP contribution in [-0.2, 0) is 22.6 Å². The third-order valence-electron chi connectivity index (χ3n) is 3.93. The van der Waals surface area contributed by atoms with Gasteiger partial charge in [0.1, 0.15) is 0 Å². The average Bonchev–Trinajstić information content (AvgIpc) is 3.05. The molecule has 1 aliphatic heterocycles. The molecule has 1 aliphatic rings. The number of carbonyl (C=O) groups excluding carboxylic acids is 2. The summed E-state index contributed by atoms with van der Waals surface area (Å²) < 4.78 is 0. The lowest BCUT2D eigenvalue weighted by molar-refractivity contribution is -0.121. The van der Waals surface area contributed by atoms with Crippen LogP contribution in [0.1, 0.15) is 23.3 Å². The lowest BCUT2D eigenvalue weighted by atomic mass is 10.1. The van der Waals surface area contributed by atoms with Gasteiger partial charge < -0.3 is 10.6 Å². The fourth-order valence-corrected chi connectivity index (χ4v) is 4.36. The zero-order valence-electron chi connectivity index (χ0n) is 13.3. The minimum absolute atomic E-state index is 0.0354. The number of anilines is 1. The molecule has 6 heteroatoms. The number of carbonyl (C=O) groups is 2. The van der Waals surface area contributed by atoms with Crippen molar-refractivity contribution in [3.05, 3.63) is 52.2 Å². The lowest BCUT2D eigenvalue weighted by Crippen LogP contribution is -2.26. The molecule has 0 spiro atoms. The highest BCUT2D eigenvalue weighted by Crippen LogP contribution is 2.27. The van der Waals surface area contributed by atoms with Gasteiger partial charge >= 0.3 is 0 Å². The van der Waals surface area contributed by atoms with Crippen LogP contribution in [0.15, 0.2) is 41.8 Å². The van der Waals surface area contributed by atoms with Gasteiger partial charge in [0, 0.05) is 22.7 Å². The molecule has 3 rings (SSSR count). The first-order chi connectivity index (χ1) is 11.7. The van der Waals surface area contributed by atoms with Crippen molar-refractivity contribution in [3.8, 4) is 0 Å². The van der Waals surface area contributed by atoms with E-state index in [1.807, 2.05) is 35.7 Å². The maximum atomic E-state index is 12.3. The van der Waals surface area contributed by atoms with Crippen molar-refractivity contribution in [1.29, 1.82) is 0 Å². The van der Waals surface area contributed by atoms with Gasteiger partial charge in [0.2, 0.25) is 11.8 Å². The Balaban J connectivity index is 1.42. The van der Waals surface area contributed by atoms with Crippen LogP contribution in [0.4, 0.5) is 5.69 Å². The van der Waals surface area contributed by atoms with Crippen molar-refractivity contribution < 1.29 is 9.59 Å². The summed E-state index contributed by atoms with van der Waals surface area (Å²) in [6.07, 6.45) is 2.13. The van der Waals surface area contributed by atoms with E-state index in [9.17, 15) is 9.59 Å². The Hall–Kier alpha value is -1.79. The normalized spacial score (nSPS) is 16.8. The highest BCUT2D eigenvalue weighted by molar-refractivity contribution is 8.00. The first-order valence-corrected chi connectivity index (χ1v) is 9.94. The number of thioether (sulfide) groups is 1. The van der Waals surface area contributed by atoms with Crippen molar-refractivity contribution in [1.82, 2.24) is 5.32 Å². The first kappa shape index (κ1) is 17.0. The molecule has 0 radical (unpaired) electrons. The first-order valence-electron chi connectivity index (χ1n) is 8.02. The van der Waals surface area contributed by atoms with Gasteiger partial charge in [-0.05, 0) is 35.9 Å². The molecule has 1 aromatic heterocycles. The van der Waals surface area contributed by atoms with Crippen LogP contribution in [0.25, 0.3) is 0 Å². The van der Waals surface area contributed by atoms with Gasteiger partial charge in [0.15, 0.2) is 0 Å². The number of para-hydroxylation sites is 1. The molecular weight excluding hydrogens is 340 g/mol. The Morgan fingerprint density at radius 3 is 3.00 bits per heavy atom. The summed E-state index contributed by atoms with van der Waals surface area (Å²) >= 11 is 3.21. The largest absolute Gasteiger partial charge is 0.351 e. The Labute approximate surface area is 150 Å². The van der Waals surface area contributed by atoms with E-state index in [-0.39, 0.29) is 17.1 Å². The predicted octanol–water partition coefficient (Wildman–Crippen LogP) is 3.44. The molecule has 2 N–H and O–H groups in total. The van der Waals surface area contributed by atoms with Gasteiger partial charge in [-0.2, -0.15) is 0 Å². The summed E-state index contributed by atoms with van der Waals surface area (Å²) in [5, 5.41) is 7.82. The Morgan fingerprint density at radius 2 is 2.17 bits per heavy atom. The number of thiophene rings is 1. The molecule has 0 saturated heterocycles. The smallest absolute Gasteiger partial charge is 0.237 e. The van der Waals surface area contributed by atoms with E-state index in [1.165, 1.54) is 5.56 Å². The molecule has 0 bridgehead atoms. The summed E-state index contributed by atoms with van der Waals surface area (Å²) in [7, 11) is 0. The van der Waals surface area contributed by atoms with E-state index in [0.29, 0.717) is 18.7 Å². The summed E-state index contributed by atoms with van der Waals surface area (Å²) in [5.41, 5.74) is 2.10. The molecule has 2 amide bonds. The molecule has 0 unspecified atom stereocenters. The van der Waals surface area contributed by atoms with Crippen LogP contribution < -0.4 is 10.6 Å². The zero-order chi connectivity index (χ0) is 16.8. The van der Waals surface area contributed by atoms with E-state index >= 15 is 0 Å². The van der Waals surface area contributed by atoms with Gasteiger partial charge in [0.05, 0.1) is 11.8 Å². The monoisotopic (exact) mass is 360 g/mol. The number of hydrogen-bond donors (Lipinski definition) is 2. The van der Waals surface area contributed by atoms with Gasteiger partial charge in [-0.3, -0.25) is 9.59 Å². The summed E-state index contributed by atoms with van der Waals surface area (Å²) in [6, 6.07) is 11.9. The number of amides is 2. The second-order valence-corrected chi connectivity index (χ2v) is 7.99. The molecule has 24 heavy (non-hydrogen) atoms. The van der Waals surface area contributed by atoms with Crippen LogP contribution in [-0.4, -0.2) is 22.8 Å². The van der Waals surface area contributed by atoms with Gasteiger partial charge in [-0.1, -0.05) is 24.3 Å². The SMILES string of the molecule is O=C(CCS[C@@H]1CCc2ccccc2NC1=O)NCc1cccs1. The van der Waals surface area contributed by atoms with Crippen molar-refractivity contribution >= 4 is 40.6 Å². The van der Waals surface area contributed by atoms with Gasteiger partial charge in [-0.25, -0.2) is 0 Å². The number of fused-ring (bicyclic) bond motifs is 1. The number of rotatable bonds is 6. The molecule has 1 aromatic carbocycles. The molecular formula is C18H20N2O2S2. The van der Waals surface area contributed by atoms with Crippen LogP contribution in [0.2, 0.25) is 0 Å². The van der Waals surface area contributed by atoms with Crippen molar-refractivity contribution in [2.75, 3.05) is 11.1 Å². The highest BCUT2D eigenvalue weighted by atomic mass is 32.2. The molecule has 0 aliphatic carbocycles. The van der Waals surface area contributed by atoms with Crippen LogP contribution in [0, 0.1) is 0 Å². The fourth-order valence-electron chi connectivity index (χ4n) is 2.63. The van der Waals surface area contributed by atoms with E-state index < -0.39 is 0 Å². The van der Waals surface area contributed by atoms with E-state index in [1.54, 1.807) is 23.1 Å². The van der Waals surface area contributed by atoms with Crippen molar-refractivity contribution in [2.45, 2.75) is 31.1 Å². The maximum Gasteiger partial charge on any atom is 0.237 e. The molecule has 1 atom stereocenters. The Bertz CT molecular complexity index is 701. The second-order valence-electron chi connectivity index (χ2n) is 5.65. The number of nitrogens with one attached hydrogen (secondary N) is 2. The Kier molecular flexibility index (Phi) is 5.93. The van der Waals surface area contributed by atoms with Crippen LogP contribution in [0.3, 0.4) is 0 Å². The third-order valence-corrected chi connectivity index (χ3v) is 6.10. The second kappa shape index (κ2) is 8.35.